The summed E-state index contributed by atoms with van der Waals surface area (Å²) in [6, 6.07) is 3.61. The molecular formula is C22H15F6N7O2. The zero-order chi connectivity index (χ0) is 26.8. The van der Waals surface area contributed by atoms with E-state index in [1.165, 1.54) is 25.3 Å². The predicted octanol–water partition coefficient (Wildman–Crippen LogP) is 3.40. The number of halogens is 6. The topological polar surface area (TPSA) is 118 Å². The number of H-pyrrole nitrogens is 1. The van der Waals surface area contributed by atoms with Gasteiger partial charge in [-0.15, -0.1) is 0 Å². The van der Waals surface area contributed by atoms with Crippen molar-refractivity contribution < 1.29 is 31.1 Å². The molecule has 5 heterocycles. The second-order valence-electron chi connectivity index (χ2n) is 8.56. The molecule has 0 saturated carbocycles. The highest BCUT2D eigenvalue weighted by molar-refractivity contribution is 6.07. The maximum Gasteiger partial charge on any atom is 0.453 e. The number of hydrogen-bond acceptors (Lipinski definition) is 6. The van der Waals surface area contributed by atoms with Gasteiger partial charge in [-0.2, -0.15) is 27.1 Å². The van der Waals surface area contributed by atoms with Crippen molar-refractivity contribution in [2.45, 2.75) is 37.3 Å². The first-order chi connectivity index (χ1) is 17.3. The van der Waals surface area contributed by atoms with Crippen LogP contribution < -0.4 is 10.9 Å². The molecular weight excluding hydrogens is 508 g/mol. The van der Waals surface area contributed by atoms with E-state index in [-0.39, 0.29) is 39.7 Å². The number of pyridine rings is 2. The number of nitrogens with one attached hydrogen (secondary N) is 2. The third-order valence-corrected chi connectivity index (χ3v) is 6.19. The fourth-order valence-electron chi connectivity index (χ4n) is 4.17. The van der Waals surface area contributed by atoms with Crippen LogP contribution >= 0.6 is 0 Å². The highest BCUT2D eigenvalue weighted by atomic mass is 19.4. The van der Waals surface area contributed by atoms with Gasteiger partial charge in [-0.25, -0.2) is 18.9 Å². The highest BCUT2D eigenvalue weighted by Gasteiger charge is 2.56. The molecule has 1 aliphatic rings. The number of fused-ring (bicyclic) bond motifs is 2. The van der Waals surface area contributed by atoms with Crippen LogP contribution in [0.3, 0.4) is 0 Å². The summed E-state index contributed by atoms with van der Waals surface area (Å²) in [6.45, 7) is 1.42. The van der Waals surface area contributed by atoms with Gasteiger partial charge >= 0.3 is 12.1 Å². The molecule has 9 nitrogen and oxygen atoms in total. The summed E-state index contributed by atoms with van der Waals surface area (Å²) < 4.78 is 79.6. The summed E-state index contributed by atoms with van der Waals surface area (Å²) >= 11 is 0. The van der Waals surface area contributed by atoms with Crippen molar-refractivity contribution in [3.8, 4) is 11.4 Å². The van der Waals surface area contributed by atoms with Gasteiger partial charge in [-0.3, -0.25) is 14.6 Å². The zero-order valence-corrected chi connectivity index (χ0v) is 18.7. The van der Waals surface area contributed by atoms with Gasteiger partial charge in [0.15, 0.2) is 5.65 Å². The minimum Gasteiger partial charge on any atom is -0.309 e. The van der Waals surface area contributed by atoms with E-state index < -0.39 is 47.6 Å². The van der Waals surface area contributed by atoms with Crippen LogP contribution in [-0.4, -0.2) is 47.6 Å². The van der Waals surface area contributed by atoms with E-state index in [1.54, 1.807) is 0 Å². The maximum atomic E-state index is 13.5. The van der Waals surface area contributed by atoms with Crippen molar-refractivity contribution in [1.29, 1.82) is 0 Å². The van der Waals surface area contributed by atoms with Crippen molar-refractivity contribution in [2.24, 2.45) is 0 Å². The van der Waals surface area contributed by atoms with Crippen molar-refractivity contribution >= 4 is 17.4 Å². The van der Waals surface area contributed by atoms with Crippen LogP contribution in [0.5, 0.6) is 0 Å². The van der Waals surface area contributed by atoms with Crippen LogP contribution in [-0.2, 0) is 16.6 Å². The number of aryl methyl sites for hydroxylation is 1. The Bertz CT molecular complexity index is 1600. The van der Waals surface area contributed by atoms with E-state index in [4.69, 9.17) is 0 Å². The summed E-state index contributed by atoms with van der Waals surface area (Å²) in [4.78, 5) is 40.6. The molecule has 0 fully saturated rings. The molecule has 4 aromatic rings. The molecule has 0 spiro atoms. The van der Waals surface area contributed by atoms with Gasteiger partial charge in [0, 0.05) is 18.2 Å². The fourth-order valence-corrected chi connectivity index (χ4v) is 4.17. The molecule has 1 amide bonds. The normalized spacial score (nSPS) is 17.8. The number of carbonyl (C=O) groups excluding carboxylic acids is 1. The van der Waals surface area contributed by atoms with Gasteiger partial charge in [0.05, 0.1) is 17.5 Å². The Morgan fingerprint density at radius 2 is 1.86 bits per heavy atom. The number of alkyl halides is 5. The standard InChI is InChI=1S/C22H15F6N7O2/c1-20(13-3-2-12(23)7-29-13)14-16(34-19(20)37)32-15(33-18(14)36)11-6-10(17-30-9-31-35(17)8-11)4-5-21(24,25)22(26,27)28/h2-3,6-9H,4-5H2,1H3,(H2,32,33,34,36,37). The second-order valence-corrected chi connectivity index (χ2v) is 8.56. The van der Waals surface area contributed by atoms with Gasteiger partial charge in [-0.05, 0) is 37.1 Å². The van der Waals surface area contributed by atoms with Crippen LogP contribution in [0.2, 0.25) is 0 Å². The van der Waals surface area contributed by atoms with E-state index in [0.29, 0.717) is 0 Å². The Kier molecular flexibility index (Phi) is 5.35. The number of anilines is 1. The van der Waals surface area contributed by atoms with Gasteiger partial charge < -0.3 is 10.3 Å². The Hall–Kier alpha value is -4.30. The summed E-state index contributed by atoms with van der Waals surface area (Å²) in [5.74, 6) is -6.43. The van der Waals surface area contributed by atoms with E-state index in [2.05, 4.69) is 30.4 Å². The molecule has 0 bridgehead atoms. The largest absolute Gasteiger partial charge is 0.453 e. The highest BCUT2D eigenvalue weighted by Crippen LogP contribution is 2.40. The minimum absolute atomic E-state index is 0.00598. The Morgan fingerprint density at radius 1 is 1.11 bits per heavy atom. The number of amides is 1. The van der Waals surface area contributed by atoms with Crippen LogP contribution in [0.1, 0.15) is 30.2 Å². The average molecular weight is 523 g/mol. The Balaban J connectivity index is 1.57. The molecule has 2 N–H and O–H groups in total. The Labute approximate surface area is 202 Å². The molecule has 1 atom stereocenters. The van der Waals surface area contributed by atoms with E-state index >= 15 is 0 Å². The van der Waals surface area contributed by atoms with E-state index in [0.717, 1.165) is 23.1 Å². The number of hydrogen-bond donors (Lipinski definition) is 2. The number of rotatable bonds is 5. The fraction of sp³-hybridized carbons (Fsp3) is 0.273. The molecule has 37 heavy (non-hydrogen) atoms. The molecule has 0 saturated heterocycles. The molecule has 1 aliphatic heterocycles. The van der Waals surface area contributed by atoms with Gasteiger partial charge in [0.25, 0.3) is 5.56 Å². The molecule has 0 aliphatic carbocycles. The first kappa shape index (κ1) is 24.4. The molecule has 192 valence electrons. The third-order valence-electron chi connectivity index (χ3n) is 6.19. The molecule has 0 aromatic carbocycles. The predicted molar refractivity (Wildman–Crippen MR) is 115 cm³/mol. The molecule has 15 heteroatoms. The SMILES string of the molecule is CC1(c2ccc(F)cn2)C(=O)Nc2nc(-c3cc(CCC(F)(F)C(F)(F)F)c4ncnn4c3)[nH]c(=O)c21. The van der Waals surface area contributed by atoms with Crippen LogP contribution in [0, 0.1) is 5.82 Å². The Morgan fingerprint density at radius 3 is 2.54 bits per heavy atom. The maximum absolute atomic E-state index is 13.5. The van der Waals surface area contributed by atoms with E-state index in [1.807, 2.05) is 0 Å². The lowest BCUT2D eigenvalue weighted by Gasteiger charge is -2.20. The van der Waals surface area contributed by atoms with Gasteiger partial charge in [0.2, 0.25) is 5.91 Å². The third kappa shape index (κ3) is 3.90. The first-order valence-corrected chi connectivity index (χ1v) is 10.7. The lowest BCUT2D eigenvalue weighted by Crippen LogP contribution is -2.37. The summed E-state index contributed by atoms with van der Waals surface area (Å²) in [5.41, 5.74) is -2.14. The smallest absolute Gasteiger partial charge is 0.309 e. The number of aromatic nitrogens is 6. The molecule has 1 unspecified atom stereocenters. The lowest BCUT2D eigenvalue weighted by molar-refractivity contribution is -0.284. The van der Waals surface area contributed by atoms with Crippen molar-refractivity contribution in [3.63, 3.8) is 0 Å². The first-order valence-electron chi connectivity index (χ1n) is 10.7. The van der Waals surface area contributed by atoms with E-state index in [9.17, 15) is 35.9 Å². The quantitative estimate of drug-likeness (QED) is 0.388. The number of nitrogens with zero attached hydrogens (tertiary/aromatic N) is 5. The van der Waals surface area contributed by atoms with Crippen LogP contribution in [0.15, 0.2) is 41.7 Å². The van der Waals surface area contributed by atoms with Gasteiger partial charge in [0.1, 0.15) is 29.2 Å². The van der Waals surface area contributed by atoms with Crippen molar-refractivity contribution in [1.82, 2.24) is 29.5 Å². The van der Waals surface area contributed by atoms with Crippen molar-refractivity contribution in [3.05, 3.63) is 69.9 Å². The average Bonchev–Trinajstić information content (AvgIpc) is 3.40. The monoisotopic (exact) mass is 523 g/mol. The lowest BCUT2D eigenvalue weighted by atomic mass is 9.81. The van der Waals surface area contributed by atoms with Crippen molar-refractivity contribution in [2.75, 3.05) is 5.32 Å². The molecule has 5 rings (SSSR count). The number of carbonyl (C=O) groups is 1. The molecule has 4 aromatic heterocycles. The van der Waals surface area contributed by atoms with Crippen LogP contribution in [0.4, 0.5) is 32.2 Å². The summed E-state index contributed by atoms with van der Waals surface area (Å²) in [7, 11) is 0. The summed E-state index contributed by atoms with van der Waals surface area (Å²) in [5, 5.41) is 6.40. The van der Waals surface area contributed by atoms with Gasteiger partial charge in [-0.1, -0.05) is 0 Å². The second kappa shape index (κ2) is 8.11. The minimum atomic E-state index is -5.72. The van der Waals surface area contributed by atoms with Crippen LogP contribution in [0.25, 0.3) is 17.0 Å². The molecule has 0 radical (unpaired) electrons. The summed E-state index contributed by atoms with van der Waals surface area (Å²) in [6.07, 6.45) is -4.62. The number of aromatic amines is 1. The zero-order valence-electron chi connectivity index (χ0n) is 18.7.